The predicted molar refractivity (Wildman–Crippen MR) is 54.5 cm³/mol. The average Bonchev–Trinajstić information content (AvgIpc) is 2.76. The van der Waals surface area contributed by atoms with Crippen molar-refractivity contribution in [1.29, 1.82) is 5.41 Å². The Labute approximate surface area is 105 Å². The number of ether oxygens (including phenoxy) is 1. The van der Waals surface area contributed by atoms with Gasteiger partial charge in [0, 0.05) is 42.0 Å². The number of nitrogens with zero attached hydrogens (tertiary/aromatic N) is 2. The van der Waals surface area contributed by atoms with Crippen LogP contribution in [0.15, 0.2) is 18.5 Å². The molecular formula is C9H13N3NaO. The van der Waals surface area contributed by atoms with E-state index in [-0.39, 0.29) is 35.1 Å². The molecule has 1 radical (unpaired) electrons. The summed E-state index contributed by atoms with van der Waals surface area (Å²) in [6.07, 6.45) is 5.56. The minimum Gasteiger partial charge on any atom is -0.480 e. The van der Waals surface area contributed by atoms with Crippen molar-refractivity contribution in [2.24, 2.45) is 0 Å². The number of nitrogens with one attached hydrogen (secondary N) is 1. The summed E-state index contributed by atoms with van der Waals surface area (Å²) < 4.78 is 7.04. The van der Waals surface area contributed by atoms with E-state index in [1.165, 1.54) is 0 Å². The van der Waals surface area contributed by atoms with Crippen LogP contribution in [0.4, 0.5) is 0 Å². The SMILES string of the molecule is CCOC(=N)C1(n2cccn2)CC1.[Na]. The third kappa shape index (κ3) is 1.87. The fraction of sp³-hybridized carbons (Fsp3) is 0.556. The third-order valence-electron chi connectivity index (χ3n) is 2.38. The van der Waals surface area contributed by atoms with Gasteiger partial charge in [0.05, 0.1) is 6.61 Å². The molecule has 14 heavy (non-hydrogen) atoms. The molecule has 0 aliphatic heterocycles. The summed E-state index contributed by atoms with van der Waals surface area (Å²) in [6.45, 7) is 2.45. The maximum absolute atomic E-state index is 7.75. The molecule has 71 valence electrons. The van der Waals surface area contributed by atoms with E-state index in [2.05, 4.69) is 5.10 Å². The molecule has 0 spiro atoms. The van der Waals surface area contributed by atoms with Crippen molar-refractivity contribution in [2.45, 2.75) is 25.3 Å². The Morgan fingerprint density at radius 3 is 2.79 bits per heavy atom. The van der Waals surface area contributed by atoms with Crippen LogP contribution in [0.25, 0.3) is 0 Å². The molecule has 0 atom stereocenters. The number of hydrogen-bond donors (Lipinski definition) is 1. The van der Waals surface area contributed by atoms with Crippen LogP contribution in [0.1, 0.15) is 19.8 Å². The Morgan fingerprint density at radius 1 is 1.64 bits per heavy atom. The molecule has 0 amide bonds. The van der Waals surface area contributed by atoms with E-state index in [1.807, 2.05) is 23.9 Å². The average molecular weight is 202 g/mol. The molecule has 5 heteroatoms. The molecule has 1 saturated carbocycles. The molecule has 1 N–H and O–H groups in total. The number of hydrogen-bond acceptors (Lipinski definition) is 3. The van der Waals surface area contributed by atoms with E-state index in [1.54, 1.807) is 6.20 Å². The molecule has 1 aliphatic rings. The molecule has 1 fully saturated rings. The number of rotatable bonds is 3. The van der Waals surface area contributed by atoms with Crippen molar-refractivity contribution in [1.82, 2.24) is 9.78 Å². The van der Waals surface area contributed by atoms with Gasteiger partial charge in [0.15, 0.2) is 0 Å². The van der Waals surface area contributed by atoms with E-state index in [0.717, 1.165) is 12.8 Å². The first kappa shape index (κ1) is 11.8. The second-order valence-corrected chi connectivity index (χ2v) is 3.24. The summed E-state index contributed by atoms with van der Waals surface area (Å²) in [7, 11) is 0. The Hall–Kier alpha value is -0.320. The van der Waals surface area contributed by atoms with Crippen LogP contribution in [0.2, 0.25) is 0 Å². The predicted octanol–water partition coefficient (Wildman–Crippen LogP) is 1.01. The second kappa shape index (κ2) is 4.47. The zero-order valence-corrected chi connectivity index (χ0v) is 10.7. The molecule has 2 rings (SSSR count). The van der Waals surface area contributed by atoms with Crippen LogP contribution in [0.3, 0.4) is 0 Å². The zero-order valence-electron chi connectivity index (χ0n) is 8.66. The summed E-state index contributed by atoms with van der Waals surface area (Å²) in [5, 5.41) is 11.9. The van der Waals surface area contributed by atoms with Gasteiger partial charge in [0.1, 0.15) is 5.54 Å². The first-order chi connectivity index (χ1) is 6.29. The molecule has 0 aromatic carbocycles. The summed E-state index contributed by atoms with van der Waals surface area (Å²) in [5.74, 6) is 0.346. The molecule has 0 saturated heterocycles. The quantitative estimate of drug-likeness (QED) is 0.451. The molecule has 0 unspecified atom stereocenters. The van der Waals surface area contributed by atoms with Crippen LogP contribution >= 0.6 is 0 Å². The summed E-state index contributed by atoms with van der Waals surface area (Å²) in [4.78, 5) is 0. The summed E-state index contributed by atoms with van der Waals surface area (Å²) >= 11 is 0. The molecule has 1 aromatic heterocycles. The maximum Gasteiger partial charge on any atom is 0.209 e. The Kier molecular flexibility index (Phi) is 3.75. The van der Waals surface area contributed by atoms with Gasteiger partial charge in [-0.1, -0.05) is 0 Å². The van der Waals surface area contributed by atoms with Crippen molar-refractivity contribution >= 4 is 35.5 Å². The van der Waals surface area contributed by atoms with Gasteiger partial charge in [0.25, 0.3) is 0 Å². The van der Waals surface area contributed by atoms with Gasteiger partial charge < -0.3 is 4.74 Å². The normalized spacial score (nSPS) is 16.9. The minimum atomic E-state index is -0.250. The first-order valence-corrected chi connectivity index (χ1v) is 4.51. The van der Waals surface area contributed by atoms with Crippen molar-refractivity contribution in [2.75, 3.05) is 6.61 Å². The Bertz CT molecular complexity index is 306. The van der Waals surface area contributed by atoms with Crippen LogP contribution in [0, 0.1) is 5.41 Å². The van der Waals surface area contributed by atoms with Crippen LogP contribution in [0.5, 0.6) is 0 Å². The standard InChI is InChI=1S/C9H13N3O.Na/c1-2-13-8(10)9(4-5-9)12-7-3-6-11-12;/h3,6-7,10H,2,4-5H2,1H3;. The van der Waals surface area contributed by atoms with Gasteiger partial charge in [-0.25, -0.2) is 0 Å². The maximum atomic E-state index is 7.75. The fourth-order valence-corrected chi connectivity index (χ4v) is 1.48. The van der Waals surface area contributed by atoms with Gasteiger partial charge in [-0.05, 0) is 25.8 Å². The molecule has 1 aliphatic carbocycles. The van der Waals surface area contributed by atoms with E-state index in [4.69, 9.17) is 10.1 Å². The van der Waals surface area contributed by atoms with Gasteiger partial charge in [0.2, 0.25) is 5.90 Å². The van der Waals surface area contributed by atoms with Crippen molar-refractivity contribution in [3.8, 4) is 0 Å². The molecule has 1 aromatic rings. The summed E-state index contributed by atoms with van der Waals surface area (Å²) in [5.41, 5.74) is -0.250. The van der Waals surface area contributed by atoms with E-state index < -0.39 is 0 Å². The van der Waals surface area contributed by atoms with E-state index in [0.29, 0.717) is 12.5 Å². The summed E-state index contributed by atoms with van der Waals surface area (Å²) in [6, 6.07) is 1.87. The van der Waals surface area contributed by atoms with Gasteiger partial charge in [-0.3, -0.25) is 10.1 Å². The first-order valence-electron chi connectivity index (χ1n) is 4.51. The van der Waals surface area contributed by atoms with Crippen molar-refractivity contribution in [3.63, 3.8) is 0 Å². The molecule has 4 nitrogen and oxygen atoms in total. The van der Waals surface area contributed by atoms with Crippen molar-refractivity contribution in [3.05, 3.63) is 18.5 Å². The van der Waals surface area contributed by atoms with Gasteiger partial charge in [-0.15, -0.1) is 0 Å². The van der Waals surface area contributed by atoms with Gasteiger partial charge >= 0.3 is 0 Å². The second-order valence-electron chi connectivity index (χ2n) is 3.24. The topological polar surface area (TPSA) is 50.9 Å². The van der Waals surface area contributed by atoms with E-state index in [9.17, 15) is 0 Å². The largest absolute Gasteiger partial charge is 0.480 e. The van der Waals surface area contributed by atoms with Crippen molar-refractivity contribution < 1.29 is 4.74 Å². The van der Waals surface area contributed by atoms with Crippen LogP contribution in [-0.2, 0) is 10.3 Å². The van der Waals surface area contributed by atoms with Crippen LogP contribution in [-0.4, -0.2) is 51.8 Å². The minimum absolute atomic E-state index is 0. The monoisotopic (exact) mass is 202 g/mol. The third-order valence-corrected chi connectivity index (χ3v) is 2.38. The molecule has 1 heterocycles. The smallest absolute Gasteiger partial charge is 0.209 e. The van der Waals surface area contributed by atoms with E-state index >= 15 is 0 Å². The molecule has 0 bridgehead atoms. The van der Waals surface area contributed by atoms with Crippen LogP contribution < -0.4 is 0 Å². The molecular weight excluding hydrogens is 189 g/mol. The fourth-order valence-electron chi connectivity index (χ4n) is 1.48. The Morgan fingerprint density at radius 2 is 2.36 bits per heavy atom. The number of aromatic nitrogens is 2. The zero-order chi connectivity index (χ0) is 9.31. The Balaban J connectivity index is 0.000000980. The van der Waals surface area contributed by atoms with Gasteiger partial charge in [-0.2, -0.15) is 5.10 Å².